The molecule has 0 amide bonds. The quantitative estimate of drug-likeness (QED) is 0.161. The molecule has 0 radical (unpaired) electrons. The molecule has 2 aliphatic rings. The minimum absolute atomic E-state index is 0.211. The number of rotatable bonds is 4. The predicted octanol–water partition coefficient (Wildman–Crippen LogP) is 10.8. The van der Waals surface area contributed by atoms with Crippen molar-refractivity contribution in [1.29, 1.82) is 0 Å². The summed E-state index contributed by atoms with van der Waals surface area (Å²) in [5.41, 5.74) is 14.4. The van der Waals surface area contributed by atoms with Crippen LogP contribution in [-0.4, -0.2) is 31.0 Å². The van der Waals surface area contributed by atoms with Crippen molar-refractivity contribution in [2.45, 2.75) is 0 Å². The summed E-state index contributed by atoms with van der Waals surface area (Å²) in [4.78, 5) is 29.5. The maximum Gasteiger partial charge on any atom is 0.335 e. The van der Waals surface area contributed by atoms with Gasteiger partial charge in [-0.1, -0.05) is 103 Å². The van der Waals surface area contributed by atoms with Crippen molar-refractivity contribution in [2.24, 2.45) is 0 Å². The minimum atomic E-state index is -0.977. The van der Waals surface area contributed by atoms with Gasteiger partial charge in [0.2, 0.25) is 0 Å². The summed E-state index contributed by atoms with van der Waals surface area (Å²) < 4.78 is 0. The SMILES string of the molecule is O=C(O)c1ccc(C#Cc2c3nc(c(-c4ccccc4)c4ccc([nH]4)c(-c4ccccc4)c4nc(c(-c5ccccc5)c5ccc2[nH]5)C=C4)C=C3)cc1. The Labute approximate surface area is 305 Å². The van der Waals surface area contributed by atoms with Crippen LogP contribution in [0.25, 0.3) is 79.8 Å². The van der Waals surface area contributed by atoms with E-state index in [-0.39, 0.29) is 5.56 Å². The Morgan fingerprint density at radius 1 is 0.453 bits per heavy atom. The van der Waals surface area contributed by atoms with Crippen LogP contribution < -0.4 is 0 Å². The zero-order valence-electron chi connectivity index (χ0n) is 28.3. The lowest BCUT2D eigenvalue weighted by Crippen LogP contribution is -1.95. The van der Waals surface area contributed by atoms with Crippen molar-refractivity contribution >= 4 is 52.3 Å². The zero-order valence-corrected chi connectivity index (χ0v) is 28.3. The highest BCUT2D eigenvalue weighted by molar-refractivity contribution is 5.98. The van der Waals surface area contributed by atoms with Crippen LogP contribution >= 0.6 is 0 Å². The van der Waals surface area contributed by atoms with E-state index in [1.165, 1.54) is 0 Å². The van der Waals surface area contributed by atoms with Gasteiger partial charge in [0.25, 0.3) is 0 Å². The van der Waals surface area contributed by atoms with Gasteiger partial charge in [-0.3, -0.25) is 0 Å². The van der Waals surface area contributed by atoms with Gasteiger partial charge in [0.15, 0.2) is 0 Å². The Balaban J connectivity index is 1.41. The Kier molecular flexibility index (Phi) is 7.92. The standard InChI is InChI=1S/C47H30N4O2/c52-47(53)34-19-16-30(17-20-34)18-21-35-36-22-24-38(48-36)44(31-10-4-1-5-11-31)40-26-28-42(50-40)46(33-14-8-3-9-15-33)43-29-27-41(51-43)45(32-12-6-2-7-13-32)39-25-23-37(35)49-39/h1-17,19-20,22-29,48,51H,(H,52,53). The topological polar surface area (TPSA) is 94.7 Å². The van der Waals surface area contributed by atoms with E-state index in [2.05, 4.69) is 101 Å². The summed E-state index contributed by atoms with van der Waals surface area (Å²) in [6.45, 7) is 0. The molecular weight excluding hydrogens is 653 g/mol. The van der Waals surface area contributed by atoms with Gasteiger partial charge in [-0.05, 0) is 89.5 Å². The normalized spacial score (nSPS) is 11.6. The number of benzene rings is 4. The number of fused-ring (bicyclic) bond motifs is 8. The zero-order chi connectivity index (χ0) is 35.7. The van der Waals surface area contributed by atoms with E-state index in [1.807, 2.05) is 60.7 Å². The largest absolute Gasteiger partial charge is 0.478 e. The van der Waals surface area contributed by atoms with Crippen molar-refractivity contribution in [3.05, 3.63) is 179 Å². The molecule has 0 atom stereocenters. The van der Waals surface area contributed by atoms with Gasteiger partial charge in [-0.15, -0.1) is 0 Å². The Hall–Kier alpha value is -7.49. The molecule has 0 aliphatic carbocycles. The number of aromatic amines is 2. The molecule has 0 fully saturated rings. The molecule has 6 heteroatoms. The van der Waals surface area contributed by atoms with Crippen molar-refractivity contribution in [3.63, 3.8) is 0 Å². The fourth-order valence-corrected chi connectivity index (χ4v) is 6.89. The number of aromatic carboxylic acids is 1. The smallest absolute Gasteiger partial charge is 0.335 e. The van der Waals surface area contributed by atoms with Gasteiger partial charge in [-0.2, -0.15) is 0 Å². The summed E-state index contributed by atoms with van der Waals surface area (Å²) in [5, 5.41) is 9.41. The molecule has 0 saturated carbocycles. The van der Waals surface area contributed by atoms with Crippen LogP contribution in [-0.2, 0) is 0 Å². The molecule has 250 valence electrons. The molecule has 8 bridgehead atoms. The number of hydrogen-bond acceptors (Lipinski definition) is 3. The molecule has 9 rings (SSSR count). The Morgan fingerprint density at radius 3 is 1.30 bits per heavy atom. The lowest BCUT2D eigenvalue weighted by molar-refractivity contribution is 0.0697. The highest BCUT2D eigenvalue weighted by Gasteiger charge is 2.18. The lowest BCUT2D eigenvalue weighted by atomic mass is 10.0. The summed E-state index contributed by atoms with van der Waals surface area (Å²) in [6, 6.07) is 45.8. The van der Waals surface area contributed by atoms with Gasteiger partial charge in [0.1, 0.15) is 0 Å². The van der Waals surface area contributed by atoms with Gasteiger partial charge in [0.05, 0.1) is 39.4 Å². The molecule has 53 heavy (non-hydrogen) atoms. The average Bonchev–Trinajstić information content (AvgIpc) is 4.04. The van der Waals surface area contributed by atoms with Crippen LogP contribution in [0.4, 0.5) is 0 Å². The van der Waals surface area contributed by atoms with E-state index < -0.39 is 5.97 Å². The van der Waals surface area contributed by atoms with Crippen molar-refractivity contribution in [3.8, 4) is 45.2 Å². The fourth-order valence-electron chi connectivity index (χ4n) is 6.89. The third-order valence-corrected chi connectivity index (χ3v) is 9.40. The maximum absolute atomic E-state index is 11.5. The molecule has 4 aromatic carbocycles. The molecule has 3 N–H and O–H groups in total. The maximum atomic E-state index is 11.5. The second-order valence-corrected chi connectivity index (χ2v) is 12.7. The second kappa shape index (κ2) is 13.3. The van der Waals surface area contributed by atoms with E-state index in [0.29, 0.717) is 16.8 Å². The first-order valence-corrected chi connectivity index (χ1v) is 17.3. The molecule has 3 aromatic heterocycles. The second-order valence-electron chi connectivity index (χ2n) is 12.7. The number of nitrogens with one attached hydrogen (secondary N) is 2. The molecule has 6 nitrogen and oxygen atoms in total. The first-order valence-electron chi connectivity index (χ1n) is 17.3. The number of nitrogens with zero attached hydrogens (tertiary/aromatic N) is 2. The summed E-state index contributed by atoms with van der Waals surface area (Å²) in [7, 11) is 0. The van der Waals surface area contributed by atoms with E-state index in [4.69, 9.17) is 9.97 Å². The van der Waals surface area contributed by atoms with E-state index >= 15 is 0 Å². The van der Waals surface area contributed by atoms with Crippen LogP contribution in [0.3, 0.4) is 0 Å². The van der Waals surface area contributed by atoms with Crippen LogP contribution in [0, 0.1) is 11.8 Å². The van der Waals surface area contributed by atoms with Gasteiger partial charge >= 0.3 is 5.97 Å². The Bertz CT molecular complexity index is 2800. The highest BCUT2D eigenvalue weighted by Crippen LogP contribution is 2.36. The first-order chi connectivity index (χ1) is 26.1. The lowest BCUT2D eigenvalue weighted by Gasteiger charge is -2.06. The van der Waals surface area contributed by atoms with E-state index in [1.54, 1.807) is 24.3 Å². The Morgan fingerprint density at radius 2 is 0.849 bits per heavy atom. The highest BCUT2D eigenvalue weighted by atomic mass is 16.4. The van der Waals surface area contributed by atoms with Crippen LogP contribution in [0.15, 0.2) is 140 Å². The monoisotopic (exact) mass is 682 g/mol. The third-order valence-electron chi connectivity index (χ3n) is 9.40. The first kappa shape index (κ1) is 31.5. The number of carbonyl (C=O) groups is 1. The molecule has 0 saturated heterocycles. The number of aromatic nitrogens is 4. The van der Waals surface area contributed by atoms with Crippen LogP contribution in [0.5, 0.6) is 0 Å². The fraction of sp³-hybridized carbons (Fsp3) is 0. The molecule has 5 heterocycles. The van der Waals surface area contributed by atoms with Crippen molar-refractivity contribution in [1.82, 2.24) is 19.9 Å². The third kappa shape index (κ3) is 6.03. The molecule has 0 unspecified atom stereocenters. The number of H-pyrrole nitrogens is 2. The number of hydrogen-bond donors (Lipinski definition) is 3. The molecule has 2 aliphatic heterocycles. The van der Waals surface area contributed by atoms with E-state index in [0.717, 1.165) is 72.5 Å². The summed E-state index contributed by atoms with van der Waals surface area (Å²) in [5.74, 6) is 5.68. The molecular formula is C47H30N4O2. The molecule has 0 spiro atoms. The minimum Gasteiger partial charge on any atom is -0.478 e. The predicted molar refractivity (Wildman–Crippen MR) is 215 cm³/mol. The van der Waals surface area contributed by atoms with Crippen molar-refractivity contribution in [2.75, 3.05) is 0 Å². The van der Waals surface area contributed by atoms with Gasteiger partial charge in [-0.25, -0.2) is 14.8 Å². The van der Waals surface area contributed by atoms with Crippen LogP contribution in [0.1, 0.15) is 44.3 Å². The summed E-state index contributed by atoms with van der Waals surface area (Å²) in [6.07, 6.45) is 8.22. The van der Waals surface area contributed by atoms with Crippen molar-refractivity contribution < 1.29 is 9.90 Å². The summed E-state index contributed by atoms with van der Waals surface area (Å²) >= 11 is 0. The number of carboxylic acid groups (broad SMARTS) is 1. The molecule has 7 aromatic rings. The average molecular weight is 683 g/mol. The number of carboxylic acids is 1. The van der Waals surface area contributed by atoms with Gasteiger partial charge in [0, 0.05) is 38.8 Å². The van der Waals surface area contributed by atoms with E-state index in [9.17, 15) is 9.90 Å². The van der Waals surface area contributed by atoms with Crippen LogP contribution in [0.2, 0.25) is 0 Å². The van der Waals surface area contributed by atoms with Gasteiger partial charge < -0.3 is 15.1 Å².